The zero-order valence-corrected chi connectivity index (χ0v) is 13.7. The Kier molecular flexibility index (Phi) is 4.29. The number of aromatic amines is 1. The second-order valence-corrected chi connectivity index (χ2v) is 5.11. The van der Waals surface area contributed by atoms with Crippen molar-refractivity contribution in [3.63, 3.8) is 0 Å². The molecule has 0 spiro atoms. The first-order chi connectivity index (χ1) is 11.7. The van der Waals surface area contributed by atoms with E-state index in [-0.39, 0.29) is 5.91 Å². The van der Waals surface area contributed by atoms with Crippen LogP contribution < -0.4 is 19.5 Å². The summed E-state index contributed by atoms with van der Waals surface area (Å²) < 4.78 is 15.8. The van der Waals surface area contributed by atoms with Crippen molar-refractivity contribution in [3.8, 4) is 17.2 Å². The molecule has 2 aromatic carbocycles. The van der Waals surface area contributed by atoms with Gasteiger partial charge in [0.2, 0.25) is 5.75 Å². The van der Waals surface area contributed by atoms with Crippen LogP contribution in [0.25, 0.3) is 10.9 Å². The van der Waals surface area contributed by atoms with Crippen LogP contribution in [0.5, 0.6) is 17.2 Å². The van der Waals surface area contributed by atoms with Gasteiger partial charge in [0.15, 0.2) is 11.5 Å². The van der Waals surface area contributed by atoms with E-state index in [1.807, 2.05) is 30.5 Å². The molecule has 3 rings (SSSR count). The average Bonchev–Trinajstić information content (AvgIpc) is 3.10. The summed E-state index contributed by atoms with van der Waals surface area (Å²) in [5.41, 5.74) is 2.10. The third-order valence-corrected chi connectivity index (χ3v) is 3.77. The highest BCUT2D eigenvalue weighted by Crippen LogP contribution is 2.38. The third-order valence-electron chi connectivity index (χ3n) is 3.77. The fourth-order valence-electron chi connectivity index (χ4n) is 2.60. The van der Waals surface area contributed by atoms with Crippen LogP contribution in [0.2, 0.25) is 0 Å². The van der Waals surface area contributed by atoms with Crippen LogP contribution >= 0.6 is 0 Å². The molecule has 24 heavy (non-hydrogen) atoms. The lowest BCUT2D eigenvalue weighted by Crippen LogP contribution is -2.12. The molecule has 0 bridgehead atoms. The summed E-state index contributed by atoms with van der Waals surface area (Å²) in [6, 6.07) is 10.8. The number of benzene rings is 2. The van der Waals surface area contributed by atoms with Gasteiger partial charge in [-0.1, -0.05) is 6.07 Å². The number of hydrogen-bond acceptors (Lipinski definition) is 4. The van der Waals surface area contributed by atoms with Gasteiger partial charge >= 0.3 is 0 Å². The van der Waals surface area contributed by atoms with Gasteiger partial charge in [-0.2, -0.15) is 0 Å². The number of carbonyl (C=O) groups is 1. The lowest BCUT2D eigenvalue weighted by Gasteiger charge is -2.14. The Bertz CT molecular complexity index is 861. The number of carbonyl (C=O) groups excluding carboxylic acids is 1. The Balaban J connectivity index is 1.96. The fraction of sp³-hybridized carbons (Fsp3) is 0.167. The topological polar surface area (TPSA) is 72.6 Å². The van der Waals surface area contributed by atoms with Crippen LogP contribution in [0.4, 0.5) is 5.69 Å². The Morgan fingerprint density at radius 1 is 1.00 bits per heavy atom. The highest BCUT2D eigenvalue weighted by atomic mass is 16.5. The molecule has 124 valence electrons. The number of rotatable bonds is 5. The molecule has 0 unspecified atom stereocenters. The predicted octanol–water partition coefficient (Wildman–Crippen LogP) is 3.45. The molecule has 0 atom stereocenters. The predicted molar refractivity (Wildman–Crippen MR) is 92.3 cm³/mol. The number of aromatic nitrogens is 1. The van der Waals surface area contributed by atoms with Gasteiger partial charge in [-0.3, -0.25) is 4.79 Å². The summed E-state index contributed by atoms with van der Waals surface area (Å²) in [4.78, 5) is 15.8. The Morgan fingerprint density at radius 3 is 2.33 bits per heavy atom. The molecule has 0 fully saturated rings. The molecule has 0 aliphatic heterocycles. The quantitative estimate of drug-likeness (QED) is 0.753. The van der Waals surface area contributed by atoms with Crippen molar-refractivity contribution in [1.82, 2.24) is 4.98 Å². The minimum atomic E-state index is -0.261. The maximum atomic E-state index is 12.6. The molecular formula is C18H18N2O4. The first-order valence-corrected chi connectivity index (χ1v) is 7.35. The van der Waals surface area contributed by atoms with Crippen LogP contribution in [-0.2, 0) is 0 Å². The fourth-order valence-corrected chi connectivity index (χ4v) is 2.60. The molecule has 1 aromatic heterocycles. The molecule has 0 radical (unpaired) electrons. The van der Waals surface area contributed by atoms with Gasteiger partial charge in [-0.25, -0.2) is 0 Å². The minimum absolute atomic E-state index is 0.261. The van der Waals surface area contributed by atoms with E-state index in [0.717, 1.165) is 16.6 Å². The van der Waals surface area contributed by atoms with E-state index in [0.29, 0.717) is 22.8 Å². The number of methoxy groups -OCH3 is 3. The van der Waals surface area contributed by atoms with Gasteiger partial charge in [0.25, 0.3) is 5.91 Å². The molecular weight excluding hydrogens is 308 g/mol. The van der Waals surface area contributed by atoms with E-state index in [1.54, 1.807) is 12.1 Å². The molecule has 0 aliphatic carbocycles. The van der Waals surface area contributed by atoms with Crippen molar-refractivity contribution in [1.29, 1.82) is 0 Å². The zero-order chi connectivity index (χ0) is 17.1. The van der Waals surface area contributed by atoms with Crippen LogP contribution in [-0.4, -0.2) is 32.2 Å². The van der Waals surface area contributed by atoms with E-state index < -0.39 is 0 Å². The largest absolute Gasteiger partial charge is 0.493 e. The first-order valence-electron chi connectivity index (χ1n) is 7.35. The molecule has 1 heterocycles. The summed E-state index contributed by atoms with van der Waals surface area (Å²) in [6.45, 7) is 0. The number of amides is 1. The van der Waals surface area contributed by atoms with Crippen molar-refractivity contribution < 1.29 is 19.0 Å². The summed E-state index contributed by atoms with van der Waals surface area (Å²) in [5, 5.41) is 3.86. The average molecular weight is 326 g/mol. The summed E-state index contributed by atoms with van der Waals surface area (Å²) in [6.07, 6.45) is 1.83. The molecule has 6 nitrogen and oxygen atoms in total. The summed E-state index contributed by atoms with van der Waals surface area (Å²) in [5.74, 6) is 1.05. The SMILES string of the molecule is COc1cc(C(=O)Nc2cccc3[nH]ccc23)cc(OC)c1OC. The normalized spacial score (nSPS) is 10.5. The van der Waals surface area contributed by atoms with Crippen molar-refractivity contribution in [2.45, 2.75) is 0 Å². The van der Waals surface area contributed by atoms with E-state index in [1.165, 1.54) is 21.3 Å². The first kappa shape index (κ1) is 15.7. The summed E-state index contributed by atoms with van der Waals surface area (Å²) >= 11 is 0. The van der Waals surface area contributed by atoms with Crippen molar-refractivity contribution in [3.05, 3.63) is 48.2 Å². The van der Waals surface area contributed by atoms with Gasteiger partial charge in [-0.15, -0.1) is 0 Å². The maximum absolute atomic E-state index is 12.6. The smallest absolute Gasteiger partial charge is 0.255 e. The Labute approximate surface area is 139 Å². The highest BCUT2D eigenvalue weighted by molar-refractivity contribution is 6.09. The third kappa shape index (κ3) is 2.74. The lowest BCUT2D eigenvalue weighted by molar-refractivity contribution is 0.102. The van der Waals surface area contributed by atoms with E-state index >= 15 is 0 Å². The molecule has 0 aliphatic rings. The number of nitrogens with one attached hydrogen (secondary N) is 2. The van der Waals surface area contributed by atoms with Crippen LogP contribution in [0.1, 0.15) is 10.4 Å². The van der Waals surface area contributed by atoms with E-state index in [2.05, 4.69) is 10.3 Å². The molecule has 1 amide bonds. The molecule has 0 saturated heterocycles. The monoisotopic (exact) mass is 326 g/mol. The van der Waals surface area contributed by atoms with Gasteiger partial charge < -0.3 is 24.5 Å². The number of H-pyrrole nitrogens is 1. The van der Waals surface area contributed by atoms with Crippen LogP contribution in [0.3, 0.4) is 0 Å². The van der Waals surface area contributed by atoms with E-state index in [9.17, 15) is 4.79 Å². The molecule has 2 N–H and O–H groups in total. The van der Waals surface area contributed by atoms with Gasteiger partial charge in [-0.05, 0) is 30.3 Å². The second-order valence-electron chi connectivity index (χ2n) is 5.11. The number of anilines is 1. The standard InChI is InChI=1S/C18H18N2O4/c1-22-15-9-11(10-16(23-2)17(15)24-3)18(21)20-14-6-4-5-13-12(14)7-8-19-13/h4-10,19H,1-3H3,(H,20,21). The zero-order valence-electron chi connectivity index (χ0n) is 13.7. The van der Waals surface area contributed by atoms with Crippen LogP contribution in [0, 0.1) is 0 Å². The molecule has 0 saturated carbocycles. The van der Waals surface area contributed by atoms with Crippen molar-refractivity contribution >= 4 is 22.5 Å². The number of ether oxygens (including phenoxy) is 3. The van der Waals surface area contributed by atoms with Gasteiger partial charge in [0.05, 0.1) is 27.0 Å². The Hall–Kier alpha value is -3.15. The minimum Gasteiger partial charge on any atom is -0.493 e. The molecule has 6 heteroatoms. The molecule has 3 aromatic rings. The van der Waals surface area contributed by atoms with Gasteiger partial charge in [0.1, 0.15) is 0 Å². The number of hydrogen-bond donors (Lipinski definition) is 2. The maximum Gasteiger partial charge on any atom is 0.255 e. The number of fused-ring (bicyclic) bond motifs is 1. The highest BCUT2D eigenvalue weighted by Gasteiger charge is 2.17. The Morgan fingerprint density at radius 2 is 1.71 bits per heavy atom. The lowest BCUT2D eigenvalue weighted by atomic mass is 10.1. The van der Waals surface area contributed by atoms with Gasteiger partial charge in [0, 0.05) is 22.7 Å². The van der Waals surface area contributed by atoms with Crippen molar-refractivity contribution in [2.75, 3.05) is 26.6 Å². The van der Waals surface area contributed by atoms with Crippen LogP contribution in [0.15, 0.2) is 42.6 Å². The summed E-state index contributed by atoms with van der Waals surface area (Å²) in [7, 11) is 4.55. The van der Waals surface area contributed by atoms with Crippen molar-refractivity contribution in [2.24, 2.45) is 0 Å². The van der Waals surface area contributed by atoms with E-state index in [4.69, 9.17) is 14.2 Å². The second kappa shape index (κ2) is 6.54.